The summed E-state index contributed by atoms with van der Waals surface area (Å²) in [6, 6.07) is 4.07. The molecule has 1 aliphatic rings. The van der Waals surface area contributed by atoms with E-state index in [2.05, 4.69) is 18.9 Å². The Morgan fingerprint density at radius 2 is 2.14 bits per heavy atom. The van der Waals surface area contributed by atoms with Gasteiger partial charge in [-0.3, -0.25) is 4.79 Å². The largest absolute Gasteiger partial charge is 0.466 e. The maximum Gasteiger partial charge on any atom is 0.255 e. The third kappa shape index (κ3) is 2.99. The van der Waals surface area contributed by atoms with Crippen molar-refractivity contribution in [2.24, 2.45) is 5.73 Å². The van der Waals surface area contributed by atoms with Crippen LogP contribution in [0, 0.1) is 13.8 Å². The molecule has 1 fully saturated rings. The molecule has 2 N–H and O–H groups in total. The number of hydrogen-bond donors (Lipinski definition) is 1. The minimum absolute atomic E-state index is 0.00257. The molecule has 4 rings (SSSR count). The van der Waals surface area contributed by atoms with E-state index in [4.69, 9.17) is 15.1 Å². The van der Waals surface area contributed by atoms with E-state index in [1.807, 2.05) is 35.6 Å². The number of hydrogen-bond acceptors (Lipinski definition) is 5. The molecule has 0 spiro atoms. The SMILES string of the molecule is Cc1cc(-c2cc(C(=O)N3CCC[C@@H]3CN)c3cnn(C(C)C)c3n2)c(C)o1. The van der Waals surface area contributed by atoms with Crippen LogP contribution >= 0.6 is 0 Å². The average molecular weight is 381 g/mol. The molecule has 3 aromatic rings. The van der Waals surface area contributed by atoms with E-state index in [1.54, 1.807) is 6.20 Å². The van der Waals surface area contributed by atoms with E-state index in [-0.39, 0.29) is 18.0 Å². The van der Waals surface area contributed by atoms with E-state index in [0.717, 1.165) is 53.2 Å². The van der Waals surface area contributed by atoms with Gasteiger partial charge < -0.3 is 15.1 Å². The van der Waals surface area contributed by atoms with E-state index in [0.29, 0.717) is 12.1 Å². The molecule has 7 nitrogen and oxygen atoms in total. The molecule has 1 amide bonds. The van der Waals surface area contributed by atoms with Crippen molar-refractivity contribution in [1.29, 1.82) is 0 Å². The lowest BCUT2D eigenvalue weighted by molar-refractivity contribution is 0.0743. The topological polar surface area (TPSA) is 90.2 Å². The van der Waals surface area contributed by atoms with Crippen LogP contribution in [0.25, 0.3) is 22.3 Å². The number of amides is 1. The van der Waals surface area contributed by atoms with Crippen LogP contribution in [0.15, 0.2) is 22.7 Å². The number of fused-ring (bicyclic) bond motifs is 1. The lowest BCUT2D eigenvalue weighted by atomic mass is 10.1. The lowest BCUT2D eigenvalue weighted by Gasteiger charge is -2.24. The second-order valence-electron chi connectivity index (χ2n) is 7.83. The molecule has 148 valence electrons. The van der Waals surface area contributed by atoms with Gasteiger partial charge in [0.2, 0.25) is 0 Å². The molecule has 0 saturated carbocycles. The van der Waals surface area contributed by atoms with Crippen LogP contribution in [-0.2, 0) is 0 Å². The Kier molecular flexibility index (Phi) is 4.71. The number of carbonyl (C=O) groups is 1. The molecule has 1 atom stereocenters. The number of aromatic nitrogens is 3. The summed E-state index contributed by atoms with van der Waals surface area (Å²) in [5, 5.41) is 5.28. The van der Waals surface area contributed by atoms with Crippen LogP contribution < -0.4 is 5.73 Å². The number of rotatable bonds is 4. The van der Waals surface area contributed by atoms with Gasteiger partial charge in [-0.15, -0.1) is 0 Å². The first-order valence-electron chi connectivity index (χ1n) is 9.87. The molecule has 4 heterocycles. The minimum atomic E-state index is 0.00257. The summed E-state index contributed by atoms with van der Waals surface area (Å²) in [5.41, 5.74) is 8.89. The fraction of sp³-hybridized carbons (Fsp3) is 0.476. The molecule has 0 radical (unpaired) electrons. The van der Waals surface area contributed by atoms with E-state index in [1.165, 1.54) is 0 Å². The fourth-order valence-electron chi connectivity index (χ4n) is 4.10. The molecule has 0 unspecified atom stereocenters. The number of pyridine rings is 1. The third-order valence-corrected chi connectivity index (χ3v) is 5.51. The first kappa shape index (κ1) is 18.7. The van der Waals surface area contributed by atoms with Crippen molar-refractivity contribution in [3.8, 4) is 11.3 Å². The van der Waals surface area contributed by atoms with Crippen LogP contribution in [0.5, 0.6) is 0 Å². The smallest absolute Gasteiger partial charge is 0.255 e. The van der Waals surface area contributed by atoms with Gasteiger partial charge in [0.25, 0.3) is 5.91 Å². The Hall–Kier alpha value is -2.67. The predicted octanol–water partition coefficient (Wildman–Crippen LogP) is 3.45. The van der Waals surface area contributed by atoms with Gasteiger partial charge in [0, 0.05) is 30.7 Å². The Balaban J connectivity index is 1.91. The second kappa shape index (κ2) is 7.05. The Labute approximate surface area is 164 Å². The van der Waals surface area contributed by atoms with Gasteiger partial charge in [0.05, 0.1) is 22.8 Å². The summed E-state index contributed by atoms with van der Waals surface area (Å²) in [6.07, 6.45) is 3.69. The molecule has 28 heavy (non-hydrogen) atoms. The van der Waals surface area contributed by atoms with Crippen LogP contribution in [0.4, 0.5) is 0 Å². The lowest BCUT2D eigenvalue weighted by Crippen LogP contribution is -2.40. The molecule has 3 aromatic heterocycles. The summed E-state index contributed by atoms with van der Waals surface area (Å²) < 4.78 is 7.56. The van der Waals surface area contributed by atoms with Crippen molar-refractivity contribution >= 4 is 16.9 Å². The summed E-state index contributed by atoms with van der Waals surface area (Å²) in [7, 11) is 0. The van der Waals surface area contributed by atoms with E-state index < -0.39 is 0 Å². The maximum absolute atomic E-state index is 13.5. The van der Waals surface area contributed by atoms with Gasteiger partial charge in [-0.2, -0.15) is 5.10 Å². The van der Waals surface area contributed by atoms with Crippen molar-refractivity contribution < 1.29 is 9.21 Å². The predicted molar refractivity (Wildman–Crippen MR) is 108 cm³/mol. The zero-order chi connectivity index (χ0) is 20.0. The standard InChI is InChI=1S/C21H27N5O2/c1-12(2)26-20-18(11-23-26)17(21(27)25-7-5-6-15(25)10-22)9-19(24-20)16-8-13(3)28-14(16)4/h8-9,11-12,15H,5-7,10,22H2,1-4H3/t15-/m1/s1. The molecular weight excluding hydrogens is 354 g/mol. The molecule has 1 aliphatic heterocycles. The van der Waals surface area contributed by atoms with Crippen LogP contribution in [0.2, 0.25) is 0 Å². The number of nitrogens with zero attached hydrogens (tertiary/aromatic N) is 4. The molecule has 7 heteroatoms. The highest BCUT2D eigenvalue weighted by molar-refractivity contribution is 6.06. The van der Waals surface area contributed by atoms with Crippen molar-refractivity contribution in [2.45, 2.75) is 52.6 Å². The van der Waals surface area contributed by atoms with Crippen molar-refractivity contribution in [3.63, 3.8) is 0 Å². The number of likely N-dealkylation sites (tertiary alicyclic amines) is 1. The monoisotopic (exact) mass is 381 g/mol. The Bertz CT molecular complexity index is 1030. The highest BCUT2D eigenvalue weighted by atomic mass is 16.3. The van der Waals surface area contributed by atoms with Crippen LogP contribution in [-0.4, -0.2) is 44.7 Å². The normalized spacial score (nSPS) is 17.2. The number of carbonyl (C=O) groups excluding carboxylic acids is 1. The van der Waals surface area contributed by atoms with Gasteiger partial charge in [-0.25, -0.2) is 9.67 Å². The number of furan rings is 1. The summed E-state index contributed by atoms with van der Waals surface area (Å²) in [5.74, 6) is 1.62. The zero-order valence-corrected chi connectivity index (χ0v) is 16.9. The average Bonchev–Trinajstić information content (AvgIpc) is 3.37. The van der Waals surface area contributed by atoms with Crippen molar-refractivity contribution in [1.82, 2.24) is 19.7 Å². The van der Waals surface area contributed by atoms with E-state index in [9.17, 15) is 4.79 Å². The van der Waals surface area contributed by atoms with Gasteiger partial charge >= 0.3 is 0 Å². The molecule has 0 bridgehead atoms. The zero-order valence-electron chi connectivity index (χ0n) is 16.9. The molecule has 1 saturated heterocycles. The maximum atomic E-state index is 13.5. The van der Waals surface area contributed by atoms with Crippen LogP contribution in [0.1, 0.15) is 54.6 Å². The highest BCUT2D eigenvalue weighted by Gasteiger charge is 2.30. The molecule has 0 aromatic carbocycles. The first-order valence-corrected chi connectivity index (χ1v) is 9.87. The van der Waals surface area contributed by atoms with Gasteiger partial charge in [0.1, 0.15) is 11.5 Å². The number of aryl methyl sites for hydroxylation is 2. The van der Waals surface area contributed by atoms with Crippen molar-refractivity contribution in [3.05, 3.63) is 35.4 Å². The fourth-order valence-corrected chi connectivity index (χ4v) is 4.10. The summed E-state index contributed by atoms with van der Waals surface area (Å²) in [6.45, 7) is 9.16. The van der Waals surface area contributed by atoms with E-state index >= 15 is 0 Å². The second-order valence-corrected chi connectivity index (χ2v) is 7.83. The van der Waals surface area contributed by atoms with Crippen LogP contribution in [0.3, 0.4) is 0 Å². The molecule has 0 aliphatic carbocycles. The van der Waals surface area contributed by atoms with Crippen molar-refractivity contribution in [2.75, 3.05) is 13.1 Å². The van der Waals surface area contributed by atoms with Gasteiger partial charge in [-0.1, -0.05) is 0 Å². The summed E-state index contributed by atoms with van der Waals surface area (Å²) >= 11 is 0. The molecular formula is C21H27N5O2. The van der Waals surface area contributed by atoms with Gasteiger partial charge in [-0.05, 0) is 52.7 Å². The van der Waals surface area contributed by atoms with Gasteiger partial charge in [0.15, 0.2) is 5.65 Å². The Morgan fingerprint density at radius 1 is 1.36 bits per heavy atom. The third-order valence-electron chi connectivity index (χ3n) is 5.51. The minimum Gasteiger partial charge on any atom is -0.466 e. The quantitative estimate of drug-likeness (QED) is 0.747. The highest BCUT2D eigenvalue weighted by Crippen LogP contribution is 2.31. The first-order chi connectivity index (χ1) is 13.4. The summed E-state index contributed by atoms with van der Waals surface area (Å²) in [4.78, 5) is 20.2. The number of nitrogens with two attached hydrogens (primary N) is 1. The Morgan fingerprint density at radius 3 is 2.79 bits per heavy atom.